The second kappa shape index (κ2) is 8.29. The predicted octanol–water partition coefficient (Wildman–Crippen LogP) is 2.91. The fraction of sp³-hybridized carbons (Fsp3) is 0.300. The second-order valence-electron chi connectivity index (χ2n) is 6.19. The first kappa shape index (κ1) is 17.7. The van der Waals surface area contributed by atoms with E-state index in [-0.39, 0.29) is 18.9 Å². The Morgan fingerprint density at radius 2 is 1.71 bits per heavy atom. The van der Waals surface area contributed by atoms with Crippen molar-refractivity contribution in [1.29, 1.82) is 0 Å². The molecule has 1 amide bonds. The van der Waals surface area contributed by atoms with Crippen molar-refractivity contribution in [2.75, 3.05) is 6.54 Å². The summed E-state index contributed by atoms with van der Waals surface area (Å²) in [5.74, 6) is -1.68. The van der Waals surface area contributed by atoms with Gasteiger partial charge < -0.3 is 10.4 Å². The van der Waals surface area contributed by atoms with Gasteiger partial charge in [0.1, 0.15) is 0 Å². The number of carbonyl (C=O) groups excluding carboxylic acids is 1. The van der Waals surface area contributed by atoms with Gasteiger partial charge in [-0.2, -0.15) is 0 Å². The molecule has 0 bridgehead atoms. The molecule has 0 spiro atoms. The van der Waals surface area contributed by atoms with E-state index in [1.165, 1.54) is 0 Å². The van der Waals surface area contributed by atoms with Crippen molar-refractivity contribution in [1.82, 2.24) is 5.32 Å². The summed E-state index contributed by atoms with van der Waals surface area (Å²) in [5, 5.41) is 12.1. The summed E-state index contributed by atoms with van der Waals surface area (Å²) < 4.78 is 0. The van der Waals surface area contributed by atoms with Gasteiger partial charge in [0.05, 0.1) is 12.3 Å². The summed E-state index contributed by atoms with van der Waals surface area (Å²) in [4.78, 5) is 23.5. The molecule has 0 aliphatic rings. The molecule has 0 aliphatic heterocycles. The van der Waals surface area contributed by atoms with E-state index in [2.05, 4.69) is 5.32 Å². The molecule has 0 fully saturated rings. The zero-order valence-electron chi connectivity index (χ0n) is 14.1. The third-order valence-electron chi connectivity index (χ3n) is 3.94. The Balaban J connectivity index is 1.90. The molecule has 2 aromatic carbocycles. The molecule has 1 atom stereocenters. The van der Waals surface area contributed by atoms with Gasteiger partial charge in [-0.15, -0.1) is 0 Å². The molecule has 0 aliphatic carbocycles. The van der Waals surface area contributed by atoms with Gasteiger partial charge in [0.15, 0.2) is 0 Å². The minimum atomic E-state index is -0.896. The third-order valence-corrected chi connectivity index (χ3v) is 3.94. The second-order valence-corrected chi connectivity index (χ2v) is 6.19. The molecule has 0 aromatic heterocycles. The van der Waals surface area contributed by atoms with Crippen LogP contribution >= 0.6 is 0 Å². The summed E-state index contributed by atoms with van der Waals surface area (Å²) in [7, 11) is 0. The molecule has 0 saturated heterocycles. The molecular weight excluding hydrogens is 302 g/mol. The van der Waals surface area contributed by atoms with E-state index in [0.717, 1.165) is 22.3 Å². The lowest BCUT2D eigenvalue weighted by molar-refractivity contribution is -0.141. The number of rotatable bonds is 7. The summed E-state index contributed by atoms with van der Waals surface area (Å²) in [5.41, 5.74) is 4.13. The maximum absolute atomic E-state index is 12.0. The lowest BCUT2D eigenvalue weighted by Gasteiger charge is -2.14. The van der Waals surface area contributed by atoms with E-state index in [4.69, 9.17) is 0 Å². The number of nitrogens with one attached hydrogen (secondary N) is 1. The van der Waals surface area contributed by atoms with Gasteiger partial charge in [-0.25, -0.2) is 0 Å². The van der Waals surface area contributed by atoms with Crippen LogP contribution in [0.4, 0.5) is 0 Å². The summed E-state index contributed by atoms with van der Waals surface area (Å²) in [6.07, 6.45) is 0.666. The predicted molar refractivity (Wildman–Crippen MR) is 93.9 cm³/mol. The van der Waals surface area contributed by atoms with Crippen LogP contribution in [0.2, 0.25) is 0 Å². The van der Waals surface area contributed by atoms with Gasteiger partial charge in [-0.3, -0.25) is 9.59 Å². The Bertz CT molecular complexity index is 707. The van der Waals surface area contributed by atoms with Gasteiger partial charge in [0.25, 0.3) is 0 Å². The molecule has 2 rings (SSSR count). The lowest BCUT2D eigenvalue weighted by atomic mass is 9.98. The standard InChI is InChI=1S/C20H23NO3/c1-14-6-8-16(9-7-14)12-19(22)21-13-18(20(23)24)11-17-5-3-4-15(2)10-17/h3-10,18H,11-13H2,1-2H3,(H,21,22)(H,23,24). The number of carbonyl (C=O) groups is 2. The molecule has 0 saturated carbocycles. The molecule has 0 radical (unpaired) electrons. The van der Waals surface area contributed by atoms with Crippen molar-refractivity contribution in [2.45, 2.75) is 26.7 Å². The van der Waals surface area contributed by atoms with E-state index >= 15 is 0 Å². The third kappa shape index (κ3) is 5.54. The number of amides is 1. The number of carboxylic acids is 1. The van der Waals surface area contributed by atoms with E-state index in [1.54, 1.807) is 0 Å². The number of benzene rings is 2. The van der Waals surface area contributed by atoms with Crippen LogP contribution < -0.4 is 5.32 Å². The van der Waals surface area contributed by atoms with Crippen molar-refractivity contribution in [2.24, 2.45) is 5.92 Å². The van der Waals surface area contributed by atoms with Gasteiger partial charge in [-0.1, -0.05) is 59.7 Å². The average molecular weight is 325 g/mol. The van der Waals surface area contributed by atoms with Crippen LogP contribution in [0.5, 0.6) is 0 Å². The van der Waals surface area contributed by atoms with Crippen LogP contribution in [0, 0.1) is 19.8 Å². The Labute approximate surface area is 142 Å². The first-order valence-corrected chi connectivity index (χ1v) is 8.04. The van der Waals surface area contributed by atoms with Crippen molar-refractivity contribution < 1.29 is 14.7 Å². The fourth-order valence-corrected chi connectivity index (χ4v) is 2.56. The highest BCUT2D eigenvalue weighted by Crippen LogP contribution is 2.11. The van der Waals surface area contributed by atoms with Crippen molar-refractivity contribution in [3.8, 4) is 0 Å². The molecule has 2 N–H and O–H groups in total. The maximum Gasteiger partial charge on any atom is 0.308 e. The molecular formula is C20H23NO3. The van der Waals surface area contributed by atoms with E-state index < -0.39 is 11.9 Å². The quantitative estimate of drug-likeness (QED) is 0.822. The number of hydrogen-bond acceptors (Lipinski definition) is 2. The largest absolute Gasteiger partial charge is 0.481 e. The molecule has 1 unspecified atom stereocenters. The minimum absolute atomic E-state index is 0.133. The van der Waals surface area contributed by atoms with Crippen molar-refractivity contribution in [3.63, 3.8) is 0 Å². The molecule has 126 valence electrons. The van der Waals surface area contributed by atoms with Crippen molar-refractivity contribution in [3.05, 3.63) is 70.8 Å². The molecule has 0 heterocycles. The Kier molecular flexibility index (Phi) is 6.13. The Morgan fingerprint density at radius 3 is 2.33 bits per heavy atom. The molecule has 4 heteroatoms. The summed E-state index contributed by atoms with van der Waals surface area (Å²) >= 11 is 0. The molecule has 24 heavy (non-hydrogen) atoms. The number of aryl methyl sites for hydroxylation is 2. The Morgan fingerprint density at radius 1 is 1.00 bits per heavy atom. The normalized spacial score (nSPS) is 11.8. The number of carboxylic acid groups (broad SMARTS) is 1. The summed E-state index contributed by atoms with van der Waals surface area (Å²) in [6, 6.07) is 15.5. The highest BCUT2D eigenvalue weighted by atomic mass is 16.4. The van der Waals surface area contributed by atoms with Crippen LogP contribution in [-0.4, -0.2) is 23.5 Å². The molecule has 2 aromatic rings. The van der Waals surface area contributed by atoms with Crippen LogP contribution in [0.3, 0.4) is 0 Å². The lowest BCUT2D eigenvalue weighted by Crippen LogP contribution is -2.34. The first-order valence-electron chi connectivity index (χ1n) is 8.04. The van der Waals surface area contributed by atoms with Crippen LogP contribution in [0.1, 0.15) is 22.3 Å². The van der Waals surface area contributed by atoms with Crippen LogP contribution in [-0.2, 0) is 22.4 Å². The minimum Gasteiger partial charge on any atom is -0.481 e. The van der Waals surface area contributed by atoms with Gasteiger partial charge in [-0.05, 0) is 31.4 Å². The topological polar surface area (TPSA) is 66.4 Å². The highest BCUT2D eigenvalue weighted by Gasteiger charge is 2.19. The smallest absolute Gasteiger partial charge is 0.308 e. The Hall–Kier alpha value is -2.62. The average Bonchev–Trinajstić information content (AvgIpc) is 2.53. The first-order chi connectivity index (χ1) is 11.4. The van der Waals surface area contributed by atoms with Crippen LogP contribution in [0.15, 0.2) is 48.5 Å². The summed E-state index contributed by atoms with van der Waals surface area (Å²) in [6.45, 7) is 4.10. The maximum atomic E-state index is 12.0. The van der Waals surface area contributed by atoms with Gasteiger partial charge >= 0.3 is 5.97 Å². The number of aliphatic carboxylic acids is 1. The monoisotopic (exact) mass is 325 g/mol. The highest BCUT2D eigenvalue weighted by molar-refractivity contribution is 5.79. The van der Waals surface area contributed by atoms with E-state index in [1.807, 2.05) is 62.4 Å². The SMILES string of the molecule is Cc1ccc(CC(=O)NCC(Cc2cccc(C)c2)C(=O)O)cc1. The molecule has 4 nitrogen and oxygen atoms in total. The zero-order chi connectivity index (χ0) is 17.5. The fourth-order valence-electron chi connectivity index (χ4n) is 2.56. The van der Waals surface area contributed by atoms with E-state index in [0.29, 0.717) is 6.42 Å². The van der Waals surface area contributed by atoms with Gasteiger partial charge in [0.2, 0.25) is 5.91 Å². The van der Waals surface area contributed by atoms with Crippen LogP contribution in [0.25, 0.3) is 0 Å². The number of hydrogen-bond donors (Lipinski definition) is 2. The van der Waals surface area contributed by atoms with Crippen molar-refractivity contribution >= 4 is 11.9 Å². The van der Waals surface area contributed by atoms with E-state index in [9.17, 15) is 14.7 Å². The zero-order valence-corrected chi connectivity index (χ0v) is 14.1. The van der Waals surface area contributed by atoms with Gasteiger partial charge in [0, 0.05) is 6.54 Å².